The number of ether oxygens (including phenoxy) is 1. The van der Waals surface area contributed by atoms with Gasteiger partial charge in [-0.2, -0.15) is 5.10 Å². The number of anilines is 2. The van der Waals surface area contributed by atoms with E-state index in [9.17, 15) is 9.59 Å². The van der Waals surface area contributed by atoms with Crippen molar-refractivity contribution in [2.45, 2.75) is 0 Å². The first-order valence-corrected chi connectivity index (χ1v) is 8.95. The van der Waals surface area contributed by atoms with Crippen LogP contribution in [0.15, 0.2) is 67.0 Å². The zero-order valence-electron chi connectivity index (χ0n) is 15.1. The molecule has 0 saturated carbocycles. The molecule has 2 aromatic heterocycles. The first-order valence-electron chi connectivity index (χ1n) is 8.95. The number of hydrogen-bond donors (Lipinski definition) is 2. The Labute approximate surface area is 165 Å². The molecule has 8 nitrogen and oxygen atoms in total. The zero-order valence-corrected chi connectivity index (χ0v) is 15.1. The number of carbonyl (C=O) groups is 2. The summed E-state index contributed by atoms with van der Waals surface area (Å²) < 4.78 is 7.04. The van der Waals surface area contributed by atoms with Gasteiger partial charge in [0.25, 0.3) is 11.8 Å². The second kappa shape index (κ2) is 6.75. The van der Waals surface area contributed by atoms with Gasteiger partial charge < -0.3 is 15.4 Å². The lowest BCUT2D eigenvalue weighted by molar-refractivity contribution is -0.118. The first kappa shape index (κ1) is 16.9. The molecule has 0 fully saturated rings. The number of amides is 2. The number of fused-ring (bicyclic) bond motifs is 2. The topological polar surface area (TPSA) is 97.6 Å². The standard InChI is InChI=1S/C21H15N5O3/c27-19-12-29-18-10-14(6-7-16(18)25-19)24-21(28)15-11-23-26-17(8-9-22-20(15)26)13-4-2-1-3-5-13/h1-11H,12H2,(H,24,28)(H,25,27). The highest BCUT2D eigenvalue weighted by Crippen LogP contribution is 2.31. The van der Waals surface area contributed by atoms with E-state index in [0.29, 0.717) is 28.3 Å². The average molecular weight is 385 g/mol. The molecule has 0 unspecified atom stereocenters. The number of carbonyl (C=O) groups excluding carboxylic acids is 2. The molecule has 2 aromatic carbocycles. The maximum atomic E-state index is 12.8. The summed E-state index contributed by atoms with van der Waals surface area (Å²) in [5.41, 5.74) is 3.75. The number of rotatable bonds is 3. The molecular formula is C21H15N5O3. The van der Waals surface area contributed by atoms with E-state index < -0.39 is 0 Å². The predicted molar refractivity (Wildman–Crippen MR) is 107 cm³/mol. The van der Waals surface area contributed by atoms with Crippen molar-refractivity contribution in [3.8, 4) is 17.0 Å². The van der Waals surface area contributed by atoms with E-state index in [1.54, 1.807) is 28.9 Å². The minimum Gasteiger partial charge on any atom is -0.482 e. The molecule has 5 rings (SSSR count). The number of benzene rings is 2. The highest BCUT2D eigenvalue weighted by molar-refractivity contribution is 6.08. The quantitative estimate of drug-likeness (QED) is 0.565. The van der Waals surface area contributed by atoms with E-state index in [4.69, 9.17) is 4.74 Å². The van der Waals surface area contributed by atoms with Crippen molar-refractivity contribution in [2.24, 2.45) is 0 Å². The molecule has 2 amide bonds. The van der Waals surface area contributed by atoms with Crippen LogP contribution in [0, 0.1) is 0 Å². The first-order chi connectivity index (χ1) is 14.2. The highest BCUT2D eigenvalue weighted by atomic mass is 16.5. The van der Waals surface area contributed by atoms with Crippen LogP contribution < -0.4 is 15.4 Å². The third kappa shape index (κ3) is 3.06. The van der Waals surface area contributed by atoms with Gasteiger partial charge in [0.1, 0.15) is 11.3 Å². The Balaban J connectivity index is 1.46. The maximum Gasteiger partial charge on any atom is 0.262 e. The molecule has 0 bridgehead atoms. The fourth-order valence-corrected chi connectivity index (χ4v) is 3.23. The molecule has 0 radical (unpaired) electrons. The summed E-state index contributed by atoms with van der Waals surface area (Å²) in [4.78, 5) is 28.6. The second-order valence-electron chi connectivity index (χ2n) is 6.49. The van der Waals surface area contributed by atoms with Gasteiger partial charge >= 0.3 is 0 Å². The molecule has 2 N–H and O–H groups in total. The second-order valence-corrected chi connectivity index (χ2v) is 6.49. The molecule has 142 valence electrons. The van der Waals surface area contributed by atoms with Crippen molar-refractivity contribution >= 4 is 28.8 Å². The van der Waals surface area contributed by atoms with E-state index in [-0.39, 0.29) is 18.4 Å². The number of aromatic nitrogens is 3. The van der Waals surface area contributed by atoms with Crippen molar-refractivity contribution in [1.29, 1.82) is 0 Å². The number of nitrogens with one attached hydrogen (secondary N) is 2. The van der Waals surface area contributed by atoms with Gasteiger partial charge in [-0.05, 0) is 18.2 Å². The van der Waals surface area contributed by atoms with Gasteiger partial charge in [-0.25, -0.2) is 9.50 Å². The fraction of sp³-hybridized carbons (Fsp3) is 0.0476. The summed E-state index contributed by atoms with van der Waals surface area (Å²) in [5, 5.41) is 9.90. The van der Waals surface area contributed by atoms with E-state index in [1.807, 2.05) is 36.4 Å². The minimum atomic E-state index is -0.336. The van der Waals surface area contributed by atoms with Crippen LogP contribution >= 0.6 is 0 Å². The molecule has 0 aliphatic carbocycles. The van der Waals surface area contributed by atoms with Crippen molar-refractivity contribution in [3.63, 3.8) is 0 Å². The summed E-state index contributed by atoms with van der Waals surface area (Å²) in [7, 11) is 0. The third-order valence-corrected chi connectivity index (χ3v) is 4.59. The maximum absolute atomic E-state index is 12.8. The van der Waals surface area contributed by atoms with Crippen LogP contribution in [0.25, 0.3) is 16.9 Å². The van der Waals surface area contributed by atoms with Crippen LogP contribution in [0.4, 0.5) is 11.4 Å². The lowest BCUT2D eigenvalue weighted by atomic mass is 10.1. The van der Waals surface area contributed by atoms with Crippen LogP contribution in [0.5, 0.6) is 5.75 Å². The van der Waals surface area contributed by atoms with Gasteiger partial charge in [0, 0.05) is 23.5 Å². The van der Waals surface area contributed by atoms with E-state index in [2.05, 4.69) is 20.7 Å². The molecule has 1 aliphatic rings. The Morgan fingerprint density at radius 2 is 2.00 bits per heavy atom. The van der Waals surface area contributed by atoms with Crippen LogP contribution in [0.2, 0.25) is 0 Å². The molecule has 0 saturated heterocycles. The molecule has 29 heavy (non-hydrogen) atoms. The summed E-state index contributed by atoms with van der Waals surface area (Å²) in [6.45, 7) is -0.0510. The zero-order chi connectivity index (χ0) is 19.8. The third-order valence-electron chi connectivity index (χ3n) is 4.59. The number of nitrogens with zero attached hydrogens (tertiary/aromatic N) is 3. The number of hydrogen-bond acceptors (Lipinski definition) is 5. The normalized spacial score (nSPS) is 12.8. The van der Waals surface area contributed by atoms with Crippen LogP contribution in [-0.2, 0) is 4.79 Å². The molecule has 0 spiro atoms. The Kier molecular flexibility index (Phi) is 3.94. The van der Waals surface area contributed by atoms with Gasteiger partial charge in [-0.15, -0.1) is 0 Å². The SMILES string of the molecule is O=C1COc2cc(NC(=O)c3cnn4c(-c5ccccc5)ccnc34)ccc2N1. The summed E-state index contributed by atoms with van der Waals surface area (Å²) in [6.07, 6.45) is 3.16. The molecule has 8 heteroatoms. The van der Waals surface area contributed by atoms with E-state index in [1.165, 1.54) is 6.20 Å². The Hall–Kier alpha value is -4.20. The van der Waals surface area contributed by atoms with Gasteiger partial charge in [0.05, 0.1) is 17.6 Å². The predicted octanol–water partition coefficient (Wildman–Crippen LogP) is 2.98. The summed E-state index contributed by atoms with van der Waals surface area (Å²) >= 11 is 0. The van der Waals surface area contributed by atoms with Crippen LogP contribution in [0.1, 0.15) is 10.4 Å². The smallest absolute Gasteiger partial charge is 0.262 e. The van der Waals surface area contributed by atoms with Crippen molar-refractivity contribution in [2.75, 3.05) is 17.2 Å². The van der Waals surface area contributed by atoms with Crippen molar-refractivity contribution in [3.05, 3.63) is 72.6 Å². The van der Waals surface area contributed by atoms with Gasteiger partial charge in [0.2, 0.25) is 0 Å². The summed E-state index contributed by atoms with van der Waals surface area (Å²) in [6, 6.07) is 16.7. The lowest BCUT2D eigenvalue weighted by Crippen LogP contribution is -2.25. The Morgan fingerprint density at radius 1 is 1.14 bits per heavy atom. The fourth-order valence-electron chi connectivity index (χ4n) is 3.23. The Bertz CT molecular complexity index is 1250. The lowest BCUT2D eigenvalue weighted by Gasteiger charge is -2.18. The molecular weight excluding hydrogens is 370 g/mol. The van der Waals surface area contributed by atoms with Gasteiger partial charge in [0.15, 0.2) is 12.3 Å². The molecule has 4 aromatic rings. The van der Waals surface area contributed by atoms with Crippen LogP contribution in [0.3, 0.4) is 0 Å². The Morgan fingerprint density at radius 3 is 2.86 bits per heavy atom. The highest BCUT2D eigenvalue weighted by Gasteiger charge is 2.19. The minimum absolute atomic E-state index is 0.0510. The van der Waals surface area contributed by atoms with Crippen LogP contribution in [-0.4, -0.2) is 33.0 Å². The largest absolute Gasteiger partial charge is 0.482 e. The molecule has 1 aliphatic heterocycles. The van der Waals surface area contributed by atoms with Crippen molar-refractivity contribution in [1.82, 2.24) is 14.6 Å². The monoisotopic (exact) mass is 385 g/mol. The van der Waals surface area contributed by atoms with Gasteiger partial charge in [-0.3, -0.25) is 9.59 Å². The van der Waals surface area contributed by atoms with E-state index >= 15 is 0 Å². The summed E-state index contributed by atoms with van der Waals surface area (Å²) in [5.74, 6) is -0.0369. The molecule has 0 atom stereocenters. The van der Waals surface area contributed by atoms with Crippen molar-refractivity contribution < 1.29 is 14.3 Å². The van der Waals surface area contributed by atoms with Gasteiger partial charge in [-0.1, -0.05) is 30.3 Å². The molecule has 3 heterocycles. The average Bonchev–Trinajstić information content (AvgIpc) is 3.19. The van der Waals surface area contributed by atoms with E-state index in [0.717, 1.165) is 11.3 Å².